The number of pyridine rings is 2. The number of nitrogens with zero attached hydrogens (tertiary/aromatic N) is 4. The summed E-state index contributed by atoms with van der Waals surface area (Å²) in [6.45, 7) is 6.09. The molecule has 3 N–H and O–H groups in total. The number of amides is 2. The summed E-state index contributed by atoms with van der Waals surface area (Å²) < 4.78 is 29.3. The fourth-order valence-electron chi connectivity index (χ4n) is 4.49. The number of hydrazine groups is 1. The van der Waals surface area contributed by atoms with E-state index in [0.29, 0.717) is 39.7 Å². The quantitative estimate of drug-likeness (QED) is 0.174. The average Bonchev–Trinajstić information content (AvgIpc) is 3.22. The number of carbonyl (C=O) groups excluding carboxylic acids is 1. The molecule has 0 aliphatic heterocycles. The van der Waals surface area contributed by atoms with E-state index < -0.39 is 17.7 Å². The van der Waals surface area contributed by atoms with Gasteiger partial charge in [-0.25, -0.2) is 23.5 Å². The second kappa shape index (κ2) is 11.3. The fourth-order valence-corrected chi connectivity index (χ4v) is 4.85. The highest BCUT2D eigenvalue weighted by Crippen LogP contribution is 2.32. The molecule has 0 spiro atoms. The van der Waals surface area contributed by atoms with Gasteiger partial charge in [0.15, 0.2) is 5.65 Å². The van der Waals surface area contributed by atoms with E-state index in [1.807, 2.05) is 20.0 Å². The summed E-state index contributed by atoms with van der Waals surface area (Å²) in [7, 11) is 1.82. The Balaban J connectivity index is 1.44. The molecule has 3 heterocycles. The molecule has 0 aliphatic carbocycles. The molecule has 2 aromatic carbocycles. The molecule has 2 amide bonds. The molecule has 3 aromatic heterocycles. The van der Waals surface area contributed by atoms with Crippen LogP contribution in [0, 0.1) is 18.6 Å². The normalized spacial score (nSPS) is 11.2. The lowest BCUT2D eigenvalue weighted by Crippen LogP contribution is -2.34. The van der Waals surface area contributed by atoms with Crippen LogP contribution in [0.15, 0.2) is 54.6 Å². The molecule has 0 fully saturated rings. The molecule has 41 heavy (non-hydrogen) atoms. The van der Waals surface area contributed by atoms with Gasteiger partial charge in [0.1, 0.15) is 17.5 Å². The predicted molar refractivity (Wildman–Crippen MR) is 158 cm³/mol. The molecule has 0 saturated carbocycles. The molecular weight excluding hydrogens is 571 g/mol. The molecule has 5 rings (SSSR count). The zero-order valence-corrected chi connectivity index (χ0v) is 24.0. The van der Waals surface area contributed by atoms with Gasteiger partial charge in [-0.15, -0.1) is 0 Å². The molecule has 5 aromatic rings. The van der Waals surface area contributed by atoms with Crippen molar-refractivity contribution in [1.29, 1.82) is 0 Å². The molecule has 0 saturated heterocycles. The average molecular weight is 596 g/mol. The van der Waals surface area contributed by atoms with Gasteiger partial charge in [-0.3, -0.25) is 15.5 Å². The molecule has 0 radical (unpaired) electrons. The number of anilines is 2. The molecule has 0 atom stereocenters. The van der Waals surface area contributed by atoms with Crippen LogP contribution in [-0.2, 0) is 7.05 Å². The van der Waals surface area contributed by atoms with Crippen molar-refractivity contribution < 1.29 is 13.6 Å². The molecule has 0 unspecified atom stereocenters. The van der Waals surface area contributed by atoms with Crippen molar-refractivity contribution in [3.05, 3.63) is 87.5 Å². The number of halogens is 4. The lowest BCUT2D eigenvalue weighted by Gasteiger charge is -2.14. The van der Waals surface area contributed by atoms with Gasteiger partial charge in [-0.1, -0.05) is 37.0 Å². The van der Waals surface area contributed by atoms with Gasteiger partial charge >= 0.3 is 6.03 Å². The second-order valence-corrected chi connectivity index (χ2v) is 10.6. The Hall–Kier alpha value is -4.28. The maximum Gasteiger partial charge on any atom is 0.337 e. The van der Waals surface area contributed by atoms with E-state index in [-0.39, 0.29) is 16.0 Å². The van der Waals surface area contributed by atoms with E-state index in [2.05, 4.69) is 45.1 Å². The Labute approximate surface area is 244 Å². The van der Waals surface area contributed by atoms with Crippen LogP contribution in [0.5, 0.6) is 0 Å². The molecule has 8 nitrogen and oxygen atoms in total. The summed E-state index contributed by atoms with van der Waals surface area (Å²) in [5.74, 6) is -0.507. The number of aromatic nitrogens is 4. The van der Waals surface area contributed by atoms with Crippen LogP contribution in [0.3, 0.4) is 0 Å². The first-order valence-electron chi connectivity index (χ1n) is 12.6. The minimum absolute atomic E-state index is 0.0789. The maximum absolute atomic E-state index is 13.8. The number of aryl methyl sites for hydroxylation is 2. The Bertz CT molecular complexity index is 1740. The van der Waals surface area contributed by atoms with Crippen LogP contribution >= 0.6 is 23.2 Å². The number of nitrogens with one attached hydrogen (secondary N) is 3. The van der Waals surface area contributed by atoms with Crippen molar-refractivity contribution >= 4 is 51.8 Å². The standard InChI is InChI=1S/C29H25Cl2F2N7O/c1-14(2)19-13-26(36-28-27(19)15(3)39-40(28)4)37-38-29(41)34-18-11-24(16-5-7-22(32)20(30)9-16)35-25(12-18)17-6-8-23(33)21(31)10-17/h5-14H,1-4H3,(H,36,37)(H2,34,35,38,41). The van der Waals surface area contributed by atoms with E-state index >= 15 is 0 Å². The number of fused-ring (bicyclic) bond motifs is 1. The first-order valence-corrected chi connectivity index (χ1v) is 13.4. The number of rotatable bonds is 6. The summed E-state index contributed by atoms with van der Waals surface area (Å²) >= 11 is 12.0. The highest BCUT2D eigenvalue weighted by molar-refractivity contribution is 6.31. The van der Waals surface area contributed by atoms with E-state index in [0.717, 1.165) is 16.6 Å². The van der Waals surface area contributed by atoms with Crippen molar-refractivity contribution in [2.45, 2.75) is 26.7 Å². The van der Waals surface area contributed by atoms with Crippen molar-refractivity contribution in [2.24, 2.45) is 7.05 Å². The van der Waals surface area contributed by atoms with Gasteiger partial charge in [-0.2, -0.15) is 5.10 Å². The molecular formula is C29H25Cl2F2N7O. The SMILES string of the molecule is Cc1nn(C)c2nc(NNC(=O)Nc3cc(-c4ccc(F)c(Cl)c4)nc(-c4ccc(F)c(Cl)c4)c3)cc(C(C)C)c12. The molecule has 0 bridgehead atoms. The zero-order valence-electron chi connectivity index (χ0n) is 22.5. The number of benzene rings is 2. The summed E-state index contributed by atoms with van der Waals surface area (Å²) in [5, 5.41) is 8.06. The fraction of sp³-hybridized carbons (Fsp3) is 0.172. The van der Waals surface area contributed by atoms with Crippen molar-refractivity contribution in [2.75, 3.05) is 10.7 Å². The van der Waals surface area contributed by atoms with Crippen LogP contribution in [0.1, 0.15) is 31.0 Å². The van der Waals surface area contributed by atoms with E-state index in [1.165, 1.54) is 36.4 Å². The van der Waals surface area contributed by atoms with Crippen LogP contribution in [0.25, 0.3) is 33.5 Å². The van der Waals surface area contributed by atoms with E-state index in [9.17, 15) is 13.6 Å². The number of hydrogen-bond acceptors (Lipinski definition) is 5. The van der Waals surface area contributed by atoms with Crippen molar-refractivity contribution in [1.82, 2.24) is 25.2 Å². The second-order valence-electron chi connectivity index (χ2n) is 9.75. The minimum atomic E-state index is -0.587. The smallest absolute Gasteiger partial charge is 0.306 e. The monoisotopic (exact) mass is 595 g/mol. The van der Waals surface area contributed by atoms with Crippen LogP contribution < -0.4 is 16.2 Å². The van der Waals surface area contributed by atoms with Gasteiger partial charge in [-0.05, 0) is 73.0 Å². The Morgan fingerprint density at radius 1 is 0.902 bits per heavy atom. The minimum Gasteiger partial charge on any atom is -0.306 e. The third-order valence-corrected chi connectivity index (χ3v) is 7.02. The Kier molecular flexibility index (Phi) is 7.79. The van der Waals surface area contributed by atoms with Crippen molar-refractivity contribution in [3.63, 3.8) is 0 Å². The van der Waals surface area contributed by atoms with Crippen LogP contribution in [0.4, 0.5) is 25.1 Å². The maximum atomic E-state index is 13.8. The molecule has 0 aliphatic rings. The lowest BCUT2D eigenvalue weighted by atomic mass is 10.00. The molecule has 12 heteroatoms. The lowest BCUT2D eigenvalue weighted by molar-refractivity contribution is 0.254. The van der Waals surface area contributed by atoms with Crippen LogP contribution in [-0.4, -0.2) is 25.8 Å². The highest BCUT2D eigenvalue weighted by Gasteiger charge is 2.17. The van der Waals surface area contributed by atoms with E-state index in [4.69, 9.17) is 23.2 Å². The van der Waals surface area contributed by atoms with Crippen LogP contribution in [0.2, 0.25) is 10.0 Å². The number of urea groups is 1. The highest BCUT2D eigenvalue weighted by atomic mass is 35.5. The summed E-state index contributed by atoms with van der Waals surface area (Å²) in [6.07, 6.45) is 0. The van der Waals surface area contributed by atoms with Gasteiger partial charge in [0.2, 0.25) is 0 Å². The van der Waals surface area contributed by atoms with Gasteiger partial charge in [0.05, 0.1) is 27.1 Å². The number of hydrogen-bond donors (Lipinski definition) is 3. The first-order chi connectivity index (χ1) is 19.5. The summed E-state index contributed by atoms with van der Waals surface area (Å²) in [5.41, 5.74) is 10.3. The zero-order chi connectivity index (χ0) is 29.4. The Morgan fingerprint density at radius 2 is 1.49 bits per heavy atom. The van der Waals surface area contributed by atoms with Gasteiger partial charge in [0, 0.05) is 29.2 Å². The third kappa shape index (κ3) is 5.94. The number of carbonyl (C=O) groups is 1. The Morgan fingerprint density at radius 3 is 2.02 bits per heavy atom. The largest absolute Gasteiger partial charge is 0.337 e. The summed E-state index contributed by atoms with van der Waals surface area (Å²) in [4.78, 5) is 22.2. The van der Waals surface area contributed by atoms with Crippen molar-refractivity contribution in [3.8, 4) is 22.5 Å². The van der Waals surface area contributed by atoms with Gasteiger partial charge in [0.25, 0.3) is 0 Å². The topological polar surface area (TPSA) is 96.8 Å². The summed E-state index contributed by atoms with van der Waals surface area (Å²) in [6, 6.07) is 12.9. The molecule has 210 valence electrons. The van der Waals surface area contributed by atoms with E-state index in [1.54, 1.807) is 16.8 Å². The third-order valence-electron chi connectivity index (χ3n) is 6.44. The predicted octanol–water partition coefficient (Wildman–Crippen LogP) is 7.86. The first kappa shape index (κ1) is 28.3. The van der Waals surface area contributed by atoms with Gasteiger partial charge < -0.3 is 5.32 Å².